The zero-order valence-corrected chi connectivity index (χ0v) is 16.5. The van der Waals surface area contributed by atoms with E-state index in [1.807, 2.05) is 24.4 Å². The smallest absolute Gasteiger partial charge is 0.255 e. The van der Waals surface area contributed by atoms with Crippen LogP contribution in [0.15, 0.2) is 56.7 Å². The maximum absolute atomic E-state index is 13.8. The maximum Gasteiger partial charge on any atom is 0.255 e. The Bertz CT molecular complexity index is 896. The number of carbonyl (C=O) groups is 1. The lowest BCUT2D eigenvalue weighted by atomic mass is 10.1. The van der Waals surface area contributed by atoms with Gasteiger partial charge in [-0.2, -0.15) is 0 Å². The first kappa shape index (κ1) is 18.1. The van der Waals surface area contributed by atoms with Gasteiger partial charge in [0.1, 0.15) is 10.2 Å². The molecule has 3 aromatic rings. The Kier molecular flexibility index (Phi) is 5.88. The van der Waals surface area contributed by atoms with Gasteiger partial charge in [0.15, 0.2) is 0 Å². The summed E-state index contributed by atoms with van der Waals surface area (Å²) >= 11 is 6.49. The average molecular weight is 437 g/mol. The zero-order valence-electron chi connectivity index (χ0n) is 13.3. The molecule has 0 spiro atoms. The molecule has 0 aliphatic heterocycles. The number of halogens is 2. The minimum absolute atomic E-state index is 0.159. The van der Waals surface area contributed by atoms with Crippen LogP contribution in [0.25, 0.3) is 0 Å². The number of aryl methyl sites for hydroxylation is 1. The predicted octanol–water partition coefficient (Wildman–Crippen LogP) is 5.90. The van der Waals surface area contributed by atoms with Gasteiger partial charge in [-0.05, 0) is 42.8 Å². The van der Waals surface area contributed by atoms with E-state index >= 15 is 0 Å². The van der Waals surface area contributed by atoms with Crippen molar-refractivity contribution in [1.82, 2.24) is 4.98 Å². The lowest BCUT2D eigenvalue weighted by molar-refractivity contribution is 0.102. The summed E-state index contributed by atoms with van der Waals surface area (Å²) in [6, 6.07) is 11.8. The fourth-order valence-corrected chi connectivity index (χ4v) is 4.22. The van der Waals surface area contributed by atoms with Crippen LogP contribution in [0.3, 0.4) is 0 Å². The molecular formula is C18H14BrFN2OS2. The van der Waals surface area contributed by atoms with Crippen LogP contribution < -0.4 is 5.32 Å². The number of anilines is 1. The van der Waals surface area contributed by atoms with Gasteiger partial charge in [0.25, 0.3) is 5.91 Å². The van der Waals surface area contributed by atoms with Gasteiger partial charge >= 0.3 is 0 Å². The molecule has 0 unspecified atom stereocenters. The number of hydrogen-bond acceptors (Lipinski definition) is 4. The van der Waals surface area contributed by atoms with E-state index in [1.165, 1.54) is 12.1 Å². The number of thiazole rings is 1. The van der Waals surface area contributed by atoms with Gasteiger partial charge in [0.05, 0.1) is 5.69 Å². The fraction of sp³-hybridized carbons (Fsp3) is 0.111. The van der Waals surface area contributed by atoms with E-state index in [1.54, 1.807) is 41.3 Å². The largest absolute Gasteiger partial charge is 0.319 e. The van der Waals surface area contributed by atoms with Gasteiger partial charge in [-0.15, -0.1) is 11.3 Å². The molecule has 0 saturated carbocycles. The van der Waals surface area contributed by atoms with Gasteiger partial charge in [-0.1, -0.05) is 39.8 Å². The SMILES string of the molecule is Cc1csc(SCc2ccc(C(=O)Nc3ccc(Br)cc3F)cc2)n1. The molecule has 1 N–H and O–H groups in total. The molecule has 7 heteroatoms. The average Bonchev–Trinajstić information content (AvgIpc) is 3.01. The Morgan fingerprint density at radius 1 is 1.28 bits per heavy atom. The Hall–Kier alpha value is -1.70. The fourth-order valence-electron chi connectivity index (χ4n) is 2.08. The monoisotopic (exact) mass is 436 g/mol. The second-order valence-corrected chi connectivity index (χ2v) is 8.31. The van der Waals surface area contributed by atoms with Crippen LogP contribution in [0.4, 0.5) is 10.1 Å². The Morgan fingerprint density at radius 3 is 2.68 bits per heavy atom. The Morgan fingerprint density at radius 2 is 2.04 bits per heavy atom. The van der Waals surface area contributed by atoms with Crippen LogP contribution >= 0.6 is 39.0 Å². The van der Waals surface area contributed by atoms with Gasteiger partial charge in [-0.25, -0.2) is 9.37 Å². The van der Waals surface area contributed by atoms with Gasteiger partial charge in [-0.3, -0.25) is 4.79 Å². The lowest BCUT2D eigenvalue weighted by Crippen LogP contribution is -2.12. The number of nitrogens with one attached hydrogen (secondary N) is 1. The van der Waals surface area contributed by atoms with Crippen molar-refractivity contribution in [2.75, 3.05) is 5.32 Å². The van der Waals surface area contributed by atoms with Gasteiger partial charge in [0.2, 0.25) is 0 Å². The highest BCUT2D eigenvalue weighted by atomic mass is 79.9. The van der Waals surface area contributed by atoms with Gasteiger partial charge in [0, 0.05) is 26.9 Å². The van der Waals surface area contributed by atoms with Crippen LogP contribution in [0.5, 0.6) is 0 Å². The third-order valence-electron chi connectivity index (χ3n) is 3.36. The normalized spacial score (nSPS) is 10.7. The van der Waals surface area contributed by atoms with Crippen LogP contribution in [0.1, 0.15) is 21.6 Å². The summed E-state index contributed by atoms with van der Waals surface area (Å²) in [4.78, 5) is 16.7. The van der Waals surface area contributed by atoms with E-state index in [-0.39, 0.29) is 11.6 Å². The molecule has 0 aliphatic rings. The van der Waals surface area contributed by atoms with E-state index in [2.05, 4.69) is 26.2 Å². The highest BCUT2D eigenvalue weighted by Crippen LogP contribution is 2.26. The summed E-state index contributed by atoms with van der Waals surface area (Å²) in [5, 5.41) is 4.61. The van der Waals surface area contributed by atoms with E-state index in [4.69, 9.17) is 0 Å². The number of benzene rings is 2. The molecule has 1 aromatic heterocycles. The molecule has 0 radical (unpaired) electrons. The first-order valence-electron chi connectivity index (χ1n) is 7.41. The van der Waals surface area contributed by atoms with Crippen LogP contribution in [0.2, 0.25) is 0 Å². The van der Waals surface area contributed by atoms with Crippen molar-refractivity contribution in [3.05, 3.63) is 75.0 Å². The second kappa shape index (κ2) is 8.12. The van der Waals surface area contributed by atoms with Crippen molar-refractivity contribution in [2.45, 2.75) is 17.0 Å². The predicted molar refractivity (Wildman–Crippen MR) is 105 cm³/mol. The number of carbonyl (C=O) groups excluding carboxylic acids is 1. The number of rotatable bonds is 5. The maximum atomic E-state index is 13.8. The number of aromatic nitrogens is 1. The van der Waals surface area contributed by atoms with E-state index < -0.39 is 5.82 Å². The highest BCUT2D eigenvalue weighted by molar-refractivity contribution is 9.10. The summed E-state index contributed by atoms with van der Waals surface area (Å²) in [6.45, 7) is 1.97. The molecular weight excluding hydrogens is 423 g/mol. The number of hydrogen-bond donors (Lipinski definition) is 1. The van der Waals surface area contributed by atoms with E-state index in [0.717, 1.165) is 21.3 Å². The summed E-state index contributed by atoms with van der Waals surface area (Å²) in [5.41, 5.74) is 2.78. The third-order valence-corrected chi connectivity index (χ3v) is 6.06. The number of thioether (sulfide) groups is 1. The highest BCUT2D eigenvalue weighted by Gasteiger charge is 2.10. The molecule has 1 heterocycles. The minimum Gasteiger partial charge on any atom is -0.319 e. The summed E-state index contributed by atoms with van der Waals surface area (Å²) in [7, 11) is 0. The topological polar surface area (TPSA) is 42.0 Å². The zero-order chi connectivity index (χ0) is 17.8. The van der Waals surface area contributed by atoms with Crippen molar-refractivity contribution < 1.29 is 9.18 Å². The Labute approximate surface area is 161 Å². The van der Waals surface area contributed by atoms with Crippen molar-refractivity contribution in [3.8, 4) is 0 Å². The number of amides is 1. The molecule has 3 nitrogen and oxygen atoms in total. The van der Waals surface area contributed by atoms with Crippen LogP contribution in [0, 0.1) is 12.7 Å². The molecule has 0 saturated heterocycles. The summed E-state index contributed by atoms with van der Waals surface area (Å²) < 4.78 is 15.5. The third kappa shape index (κ3) is 4.90. The standard InChI is InChI=1S/C18H14BrFN2OS2/c1-11-9-24-18(21-11)25-10-12-2-4-13(5-3-12)17(23)22-16-7-6-14(19)8-15(16)20/h2-9H,10H2,1H3,(H,22,23). The summed E-state index contributed by atoms with van der Waals surface area (Å²) in [5.74, 6) is -0.0265. The first-order valence-corrected chi connectivity index (χ1v) is 10.1. The molecule has 1 amide bonds. The first-order chi connectivity index (χ1) is 12.0. The second-order valence-electron chi connectivity index (χ2n) is 5.32. The summed E-state index contributed by atoms with van der Waals surface area (Å²) in [6.07, 6.45) is 0. The van der Waals surface area contributed by atoms with Crippen molar-refractivity contribution in [3.63, 3.8) is 0 Å². The molecule has 2 aromatic carbocycles. The molecule has 0 aliphatic carbocycles. The molecule has 0 fully saturated rings. The molecule has 0 bridgehead atoms. The van der Waals surface area contributed by atoms with Crippen LogP contribution in [-0.2, 0) is 5.75 Å². The number of nitrogens with zero attached hydrogens (tertiary/aromatic N) is 1. The van der Waals surface area contributed by atoms with Crippen molar-refractivity contribution >= 4 is 50.6 Å². The quantitative estimate of drug-likeness (QED) is 0.506. The van der Waals surface area contributed by atoms with Gasteiger partial charge < -0.3 is 5.32 Å². The van der Waals surface area contributed by atoms with E-state index in [9.17, 15) is 9.18 Å². The van der Waals surface area contributed by atoms with Crippen LogP contribution in [-0.4, -0.2) is 10.9 Å². The molecule has 3 rings (SSSR count). The molecule has 25 heavy (non-hydrogen) atoms. The van der Waals surface area contributed by atoms with Crippen molar-refractivity contribution in [2.24, 2.45) is 0 Å². The lowest BCUT2D eigenvalue weighted by Gasteiger charge is -2.07. The molecule has 0 atom stereocenters. The van der Waals surface area contributed by atoms with Crippen molar-refractivity contribution in [1.29, 1.82) is 0 Å². The molecule has 128 valence electrons. The minimum atomic E-state index is -0.477. The van der Waals surface area contributed by atoms with E-state index in [0.29, 0.717) is 10.0 Å². The Balaban J connectivity index is 1.62.